The fraction of sp³-hybridized carbons (Fsp3) is 0.462. The minimum absolute atomic E-state index is 0.114. The Labute approximate surface area is 189 Å². The van der Waals surface area contributed by atoms with Gasteiger partial charge < -0.3 is 14.6 Å². The van der Waals surface area contributed by atoms with Crippen LogP contribution in [0.2, 0.25) is 0 Å². The first-order valence-corrected chi connectivity index (χ1v) is 11.7. The normalized spacial score (nSPS) is 23.2. The molecule has 1 fully saturated rings. The number of imidazole rings is 1. The average molecular weight is 433 g/mol. The number of nitrogens with one attached hydrogen (secondary N) is 1. The molecule has 6 nitrogen and oxygen atoms in total. The Hall–Kier alpha value is -2.86. The van der Waals surface area contributed by atoms with Gasteiger partial charge >= 0.3 is 6.09 Å². The SMILES string of the molecule is COC(=O)N1c2ccc3c(nc(Cc4ccccc4)n3[C@@H]3CCNC[C@H]3C)c2CC[C@@H]1C. The second-order valence-corrected chi connectivity index (χ2v) is 9.26. The molecule has 5 rings (SSSR count). The van der Waals surface area contributed by atoms with E-state index in [9.17, 15) is 4.79 Å². The molecular weight excluding hydrogens is 400 g/mol. The number of hydrogen-bond donors (Lipinski definition) is 1. The summed E-state index contributed by atoms with van der Waals surface area (Å²) in [5.74, 6) is 1.64. The van der Waals surface area contributed by atoms with Gasteiger partial charge in [-0.2, -0.15) is 0 Å². The van der Waals surface area contributed by atoms with Gasteiger partial charge in [0.25, 0.3) is 0 Å². The van der Waals surface area contributed by atoms with Gasteiger partial charge in [0.15, 0.2) is 0 Å². The Morgan fingerprint density at radius 2 is 1.97 bits per heavy atom. The maximum Gasteiger partial charge on any atom is 0.414 e. The standard InChI is InChI=1S/C26H32N4O2/c1-17-16-27-14-13-21(17)30-23-12-11-22-20(10-9-18(2)29(22)26(31)32-3)25(23)28-24(30)15-19-7-5-4-6-8-19/h4-8,11-12,17-18,21,27H,9-10,13-16H2,1-3H3/t17-,18+,21-/m1/s1. The van der Waals surface area contributed by atoms with Gasteiger partial charge in [-0.3, -0.25) is 4.90 Å². The molecule has 1 saturated heterocycles. The minimum Gasteiger partial charge on any atom is -0.452 e. The highest BCUT2D eigenvalue weighted by Gasteiger charge is 2.33. The Morgan fingerprint density at radius 3 is 2.72 bits per heavy atom. The van der Waals surface area contributed by atoms with E-state index in [-0.39, 0.29) is 12.1 Å². The van der Waals surface area contributed by atoms with E-state index in [1.165, 1.54) is 23.8 Å². The van der Waals surface area contributed by atoms with Crippen LogP contribution in [0, 0.1) is 5.92 Å². The molecule has 1 N–H and O–H groups in total. The van der Waals surface area contributed by atoms with Gasteiger partial charge in [-0.15, -0.1) is 0 Å². The van der Waals surface area contributed by atoms with Crippen molar-refractivity contribution < 1.29 is 9.53 Å². The smallest absolute Gasteiger partial charge is 0.414 e. The van der Waals surface area contributed by atoms with Gasteiger partial charge in [0.1, 0.15) is 5.82 Å². The van der Waals surface area contributed by atoms with Crippen LogP contribution in [0.5, 0.6) is 0 Å². The largest absolute Gasteiger partial charge is 0.452 e. The van der Waals surface area contributed by atoms with Crippen LogP contribution in [0.4, 0.5) is 10.5 Å². The van der Waals surface area contributed by atoms with Crippen molar-refractivity contribution in [2.45, 2.75) is 51.6 Å². The van der Waals surface area contributed by atoms with Gasteiger partial charge in [0, 0.05) is 24.1 Å². The first kappa shape index (κ1) is 21.0. The number of hydrogen-bond acceptors (Lipinski definition) is 4. The molecule has 32 heavy (non-hydrogen) atoms. The summed E-state index contributed by atoms with van der Waals surface area (Å²) < 4.78 is 7.60. The summed E-state index contributed by atoms with van der Waals surface area (Å²) in [6, 6.07) is 15.4. The molecule has 2 aromatic carbocycles. The molecule has 168 valence electrons. The van der Waals surface area contributed by atoms with E-state index < -0.39 is 0 Å². The topological polar surface area (TPSA) is 59.4 Å². The van der Waals surface area contributed by atoms with Crippen LogP contribution in [0.1, 0.15) is 49.7 Å². The number of aromatic nitrogens is 2. The summed E-state index contributed by atoms with van der Waals surface area (Å²) in [4.78, 5) is 19.6. The lowest BCUT2D eigenvalue weighted by molar-refractivity contribution is 0.175. The summed E-state index contributed by atoms with van der Waals surface area (Å²) in [6.45, 7) is 6.46. The van der Waals surface area contributed by atoms with E-state index in [0.29, 0.717) is 12.0 Å². The minimum atomic E-state index is -0.297. The van der Waals surface area contributed by atoms with Gasteiger partial charge in [-0.05, 0) is 62.9 Å². The fourth-order valence-corrected chi connectivity index (χ4v) is 5.48. The molecule has 0 spiro atoms. The number of anilines is 1. The third-order valence-electron chi connectivity index (χ3n) is 7.18. The number of piperidine rings is 1. The molecule has 0 saturated carbocycles. The van der Waals surface area contributed by atoms with Crippen molar-refractivity contribution in [1.29, 1.82) is 0 Å². The molecule has 0 radical (unpaired) electrons. The van der Waals surface area contributed by atoms with Gasteiger partial charge in [0.2, 0.25) is 0 Å². The van der Waals surface area contributed by atoms with Crippen LogP contribution in [0.15, 0.2) is 42.5 Å². The van der Waals surface area contributed by atoms with E-state index in [4.69, 9.17) is 9.72 Å². The van der Waals surface area contributed by atoms with Gasteiger partial charge in [-0.25, -0.2) is 9.78 Å². The lowest BCUT2D eigenvalue weighted by Crippen LogP contribution is -2.42. The predicted octanol–water partition coefficient (Wildman–Crippen LogP) is 4.71. The zero-order valence-electron chi connectivity index (χ0n) is 19.2. The summed E-state index contributed by atoms with van der Waals surface area (Å²) >= 11 is 0. The highest BCUT2D eigenvalue weighted by molar-refractivity contribution is 5.95. The van der Waals surface area contributed by atoms with Crippen molar-refractivity contribution >= 4 is 22.8 Å². The predicted molar refractivity (Wildman–Crippen MR) is 127 cm³/mol. The third kappa shape index (κ3) is 3.56. The second-order valence-electron chi connectivity index (χ2n) is 9.26. The fourth-order valence-electron chi connectivity index (χ4n) is 5.48. The van der Waals surface area contributed by atoms with Crippen molar-refractivity contribution in [3.05, 3.63) is 59.4 Å². The maximum atomic E-state index is 12.6. The molecule has 1 aromatic heterocycles. The Bertz CT molecular complexity index is 1120. The summed E-state index contributed by atoms with van der Waals surface area (Å²) in [5.41, 5.74) is 5.61. The Kier molecular flexibility index (Phi) is 5.64. The van der Waals surface area contributed by atoms with Crippen LogP contribution in [-0.4, -0.2) is 41.9 Å². The van der Waals surface area contributed by atoms with E-state index in [1.807, 2.05) is 0 Å². The second kappa shape index (κ2) is 8.58. The molecular formula is C26H32N4O2. The molecule has 0 unspecified atom stereocenters. The van der Waals surface area contributed by atoms with Gasteiger partial charge in [0.05, 0.1) is 23.8 Å². The highest BCUT2D eigenvalue weighted by Crippen LogP contribution is 2.39. The molecule has 0 bridgehead atoms. The van der Waals surface area contributed by atoms with Crippen molar-refractivity contribution in [2.75, 3.05) is 25.1 Å². The number of carbonyl (C=O) groups excluding carboxylic acids is 1. The molecule has 1 amide bonds. The van der Waals surface area contributed by atoms with Crippen molar-refractivity contribution in [1.82, 2.24) is 14.9 Å². The van der Waals surface area contributed by atoms with E-state index >= 15 is 0 Å². The number of benzene rings is 2. The monoisotopic (exact) mass is 432 g/mol. The van der Waals surface area contributed by atoms with Crippen LogP contribution >= 0.6 is 0 Å². The highest BCUT2D eigenvalue weighted by atomic mass is 16.5. The first-order valence-electron chi connectivity index (χ1n) is 11.7. The van der Waals surface area contributed by atoms with Crippen LogP contribution in [0.3, 0.4) is 0 Å². The third-order valence-corrected chi connectivity index (χ3v) is 7.18. The number of rotatable bonds is 3. The summed E-state index contributed by atoms with van der Waals surface area (Å²) in [5, 5.41) is 3.53. The molecule has 3 heterocycles. The van der Waals surface area contributed by atoms with Crippen LogP contribution < -0.4 is 10.2 Å². The molecule has 3 aromatic rings. The van der Waals surface area contributed by atoms with Crippen molar-refractivity contribution in [3.8, 4) is 0 Å². The average Bonchev–Trinajstić information content (AvgIpc) is 3.17. The first-order chi connectivity index (χ1) is 15.6. The molecule has 0 aliphatic carbocycles. The molecule has 2 aliphatic heterocycles. The van der Waals surface area contributed by atoms with Crippen molar-refractivity contribution in [2.24, 2.45) is 5.92 Å². The van der Waals surface area contributed by atoms with E-state index in [1.54, 1.807) is 4.90 Å². The zero-order chi connectivity index (χ0) is 22.2. The quantitative estimate of drug-likeness (QED) is 0.651. The lowest BCUT2D eigenvalue weighted by atomic mass is 9.93. The summed E-state index contributed by atoms with van der Waals surface area (Å²) in [6.07, 6.45) is 3.43. The number of ether oxygens (including phenoxy) is 1. The van der Waals surface area contributed by atoms with Crippen LogP contribution in [0.25, 0.3) is 11.0 Å². The number of amides is 1. The number of methoxy groups -OCH3 is 1. The van der Waals surface area contributed by atoms with E-state index in [2.05, 4.69) is 66.2 Å². The summed E-state index contributed by atoms with van der Waals surface area (Å²) in [7, 11) is 1.45. The Morgan fingerprint density at radius 1 is 1.16 bits per heavy atom. The lowest BCUT2D eigenvalue weighted by Gasteiger charge is -2.34. The number of fused-ring (bicyclic) bond motifs is 3. The maximum absolute atomic E-state index is 12.6. The van der Waals surface area contributed by atoms with E-state index in [0.717, 1.165) is 55.8 Å². The van der Waals surface area contributed by atoms with Crippen molar-refractivity contribution in [3.63, 3.8) is 0 Å². The number of aryl methyl sites for hydroxylation is 1. The van der Waals surface area contributed by atoms with Gasteiger partial charge in [-0.1, -0.05) is 37.3 Å². The van der Waals surface area contributed by atoms with Crippen LogP contribution in [-0.2, 0) is 17.6 Å². The molecule has 3 atom stereocenters. The molecule has 2 aliphatic rings. The molecule has 6 heteroatoms. The number of carbonyl (C=O) groups is 1. The Balaban J connectivity index is 1.68. The number of nitrogens with zero attached hydrogens (tertiary/aromatic N) is 3. The zero-order valence-corrected chi connectivity index (χ0v) is 19.2.